The van der Waals surface area contributed by atoms with Crippen molar-refractivity contribution in [1.82, 2.24) is 20.2 Å². The van der Waals surface area contributed by atoms with Gasteiger partial charge in [0.15, 0.2) is 0 Å². The highest BCUT2D eigenvalue weighted by Crippen LogP contribution is 2.47. The fourth-order valence-electron chi connectivity index (χ4n) is 3.58. The lowest BCUT2D eigenvalue weighted by Gasteiger charge is -2.23. The number of urea groups is 1. The molecule has 0 bridgehead atoms. The van der Waals surface area contributed by atoms with E-state index in [0.29, 0.717) is 29.8 Å². The lowest BCUT2D eigenvalue weighted by molar-refractivity contribution is 0.195. The van der Waals surface area contributed by atoms with Gasteiger partial charge in [0.1, 0.15) is 5.82 Å². The van der Waals surface area contributed by atoms with E-state index in [9.17, 15) is 9.59 Å². The molecule has 2 N–H and O–H groups in total. The Bertz CT molecular complexity index is 1040. The van der Waals surface area contributed by atoms with Gasteiger partial charge in [-0.15, -0.1) is 0 Å². The van der Waals surface area contributed by atoms with Crippen molar-refractivity contribution in [1.29, 1.82) is 0 Å². The number of hydrogen-bond donors (Lipinski definition) is 2. The molecule has 3 aromatic rings. The van der Waals surface area contributed by atoms with Gasteiger partial charge in [0.05, 0.1) is 17.4 Å². The molecule has 0 unspecified atom stereocenters. The Labute approximate surface area is 163 Å². The molecule has 0 radical (unpaired) electrons. The predicted octanol–water partition coefficient (Wildman–Crippen LogP) is 3.19. The first-order valence-corrected chi connectivity index (χ1v) is 9.67. The molecule has 6 heteroatoms. The van der Waals surface area contributed by atoms with Gasteiger partial charge >= 0.3 is 6.03 Å². The van der Waals surface area contributed by atoms with Gasteiger partial charge in [-0.3, -0.25) is 4.79 Å². The molecule has 0 saturated heterocycles. The molecule has 28 heavy (non-hydrogen) atoms. The number of nitrogens with zero attached hydrogens (tertiary/aromatic N) is 2. The number of aromatic amines is 1. The van der Waals surface area contributed by atoms with Crippen molar-refractivity contribution in [2.24, 2.45) is 0 Å². The number of amides is 2. The average molecular weight is 376 g/mol. The summed E-state index contributed by atoms with van der Waals surface area (Å²) in [6.07, 6.45) is 2.17. The molecule has 2 aromatic carbocycles. The zero-order chi connectivity index (χ0) is 19.6. The van der Waals surface area contributed by atoms with Gasteiger partial charge in [0.2, 0.25) is 0 Å². The summed E-state index contributed by atoms with van der Waals surface area (Å²) < 4.78 is 0. The largest absolute Gasteiger partial charge is 0.337 e. The number of nitrogens with one attached hydrogen (secondary N) is 2. The lowest BCUT2D eigenvalue weighted by atomic mass is 9.96. The minimum absolute atomic E-state index is 0.0614. The summed E-state index contributed by atoms with van der Waals surface area (Å²) in [5.41, 5.74) is 1.79. The minimum Gasteiger partial charge on any atom is -0.337 e. The number of carbonyl (C=O) groups excluding carboxylic acids is 1. The van der Waals surface area contributed by atoms with Crippen molar-refractivity contribution in [3.63, 3.8) is 0 Å². The highest BCUT2D eigenvalue weighted by atomic mass is 16.2. The summed E-state index contributed by atoms with van der Waals surface area (Å²) in [5.74, 6) is 0.491. The van der Waals surface area contributed by atoms with E-state index in [2.05, 4.69) is 27.4 Å². The van der Waals surface area contributed by atoms with Gasteiger partial charge in [-0.25, -0.2) is 9.78 Å². The third-order valence-corrected chi connectivity index (χ3v) is 5.49. The molecule has 0 atom stereocenters. The fraction of sp³-hybridized carbons (Fsp3) is 0.318. The van der Waals surface area contributed by atoms with Gasteiger partial charge in [-0.1, -0.05) is 42.5 Å². The van der Waals surface area contributed by atoms with Crippen LogP contribution in [0.15, 0.2) is 59.4 Å². The first kappa shape index (κ1) is 18.2. The van der Waals surface area contributed by atoms with Gasteiger partial charge in [0, 0.05) is 18.5 Å². The molecule has 1 heterocycles. The molecule has 1 saturated carbocycles. The molecule has 144 valence electrons. The molecule has 0 spiro atoms. The lowest BCUT2D eigenvalue weighted by Crippen LogP contribution is -2.43. The third kappa shape index (κ3) is 3.63. The number of benzene rings is 2. The normalized spacial score (nSPS) is 14.6. The van der Waals surface area contributed by atoms with E-state index in [1.165, 1.54) is 5.56 Å². The van der Waals surface area contributed by atoms with Crippen LogP contribution >= 0.6 is 0 Å². The summed E-state index contributed by atoms with van der Waals surface area (Å²) in [7, 11) is 0. The Morgan fingerprint density at radius 2 is 1.86 bits per heavy atom. The number of fused-ring (bicyclic) bond motifs is 1. The maximum absolute atomic E-state index is 12.7. The van der Waals surface area contributed by atoms with Crippen molar-refractivity contribution >= 4 is 16.9 Å². The topological polar surface area (TPSA) is 78.1 Å². The quantitative estimate of drug-likeness (QED) is 0.694. The van der Waals surface area contributed by atoms with Crippen molar-refractivity contribution in [3.05, 3.63) is 76.3 Å². The highest BCUT2D eigenvalue weighted by Gasteiger charge is 2.44. The van der Waals surface area contributed by atoms with Crippen LogP contribution in [0.3, 0.4) is 0 Å². The second kappa shape index (κ2) is 7.46. The van der Waals surface area contributed by atoms with Gasteiger partial charge < -0.3 is 15.2 Å². The molecule has 1 aliphatic carbocycles. The maximum Gasteiger partial charge on any atom is 0.317 e. The van der Waals surface area contributed by atoms with E-state index in [-0.39, 0.29) is 23.6 Å². The van der Waals surface area contributed by atoms with Crippen LogP contribution in [0, 0.1) is 0 Å². The van der Waals surface area contributed by atoms with E-state index in [0.717, 1.165) is 12.8 Å². The molecular formula is C22H24N4O2. The Morgan fingerprint density at radius 1 is 1.14 bits per heavy atom. The fourth-order valence-corrected chi connectivity index (χ4v) is 3.58. The zero-order valence-corrected chi connectivity index (χ0v) is 15.9. The van der Waals surface area contributed by atoms with Crippen LogP contribution in [-0.2, 0) is 12.0 Å². The van der Waals surface area contributed by atoms with Crippen LogP contribution in [0.25, 0.3) is 10.9 Å². The van der Waals surface area contributed by atoms with Crippen LogP contribution in [0.1, 0.15) is 31.2 Å². The highest BCUT2D eigenvalue weighted by molar-refractivity contribution is 5.77. The Hall–Kier alpha value is -3.15. The van der Waals surface area contributed by atoms with Crippen molar-refractivity contribution in [3.8, 4) is 0 Å². The average Bonchev–Trinajstić information content (AvgIpc) is 3.52. The molecule has 6 nitrogen and oxygen atoms in total. The first-order valence-electron chi connectivity index (χ1n) is 9.67. The number of carbonyl (C=O) groups is 1. The summed E-state index contributed by atoms with van der Waals surface area (Å²) in [6, 6.07) is 17.4. The van der Waals surface area contributed by atoms with Gasteiger partial charge in [-0.05, 0) is 37.5 Å². The molecule has 1 aliphatic rings. The van der Waals surface area contributed by atoms with Crippen molar-refractivity contribution in [2.45, 2.75) is 31.7 Å². The minimum atomic E-state index is -0.182. The molecule has 1 aromatic heterocycles. The Morgan fingerprint density at radius 3 is 2.57 bits per heavy atom. The molecule has 1 fully saturated rings. The van der Waals surface area contributed by atoms with Gasteiger partial charge in [0.25, 0.3) is 5.56 Å². The molecule has 0 aliphatic heterocycles. The van der Waals surface area contributed by atoms with Gasteiger partial charge in [-0.2, -0.15) is 0 Å². The van der Waals surface area contributed by atoms with Crippen LogP contribution in [0.5, 0.6) is 0 Å². The smallest absolute Gasteiger partial charge is 0.317 e. The Kier molecular flexibility index (Phi) is 4.86. The summed E-state index contributed by atoms with van der Waals surface area (Å²) in [4.78, 5) is 33.9. The molecule has 4 rings (SSSR count). The maximum atomic E-state index is 12.7. The molecule has 2 amide bonds. The first-order chi connectivity index (χ1) is 13.6. The van der Waals surface area contributed by atoms with Crippen LogP contribution in [0.2, 0.25) is 0 Å². The second-order valence-electron chi connectivity index (χ2n) is 7.35. The van der Waals surface area contributed by atoms with E-state index in [4.69, 9.17) is 0 Å². The summed E-state index contributed by atoms with van der Waals surface area (Å²) >= 11 is 0. The second-order valence-corrected chi connectivity index (χ2v) is 7.35. The van der Waals surface area contributed by atoms with Crippen molar-refractivity contribution in [2.75, 3.05) is 13.1 Å². The number of aromatic nitrogens is 2. The number of para-hydroxylation sites is 1. The van der Waals surface area contributed by atoms with E-state index >= 15 is 0 Å². The van der Waals surface area contributed by atoms with E-state index in [1.807, 2.05) is 37.3 Å². The standard InChI is InChI=1S/C22H24N4O2/c1-2-26(14-19-24-18-11-7-6-10-17(18)20(27)25-19)21(28)23-15-22(12-13-22)16-8-4-3-5-9-16/h3-11H,2,12-15H2,1H3,(H,23,28)(H,24,25,27). The van der Waals surface area contributed by atoms with Crippen LogP contribution in [0.4, 0.5) is 4.79 Å². The van der Waals surface area contributed by atoms with E-state index in [1.54, 1.807) is 17.0 Å². The number of H-pyrrole nitrogens is 1. The summed E-state index contributed by atoms with van der Waals surface area (Å²) in [6.45, 7) is 3.33. The molecular weight excluding hydrogens is 352 g/mol. The van der Waals surface area contributed by atoms with Crippen LogP contribution in [-0.4, -0.2) is 34.0 Å². The SMILES string of the molecule is CCN(Cc1nc2ccccc2c(=O)[nH]1)C(=O)NCC1(c2ccccc2)CC1. The predicted molar refractivity (Wildman–Crippen MR) is 109 cm³/mol. The Balaban J connectivity index is 1.44. The number of hydrogen-bond acceptors (Lipinski definition) is 3. The zero-order valence-electron chi connectivity index (χ0n) is 15.9. The van der Waals surface area contributed by atoms with Crippen molar-refractivity contribution < 1.29 is 4.79 Å². The van der Waals surface area contributed by atoms with E-state index < -0.39 is 0 Å². The summed E-state index contributed by atoms with van der Waals surface area (Å²) in [5, 5.41) is 3.63. The third-order valence-electron chi connectivity index (χ3n) is 5.49. The number of rotatable bonds is 6. The monoisotopic (exact) mass is 376 g/mol. The van der Waals surface area contributed by atoms with Crippen LogP contribution < -0.4 is 10.9 Å².